The first-order chi connectivity index (χ1) is 8.41. The van der Waals surface area contributed by atoms with Crippen molar-refractivity contribution < 1.29 is 13.2 Å². The zero-order chi connectivity index (χ0) is 13.3. The number of nitrogens with one attached hydrogen (secondary N) is 1. The van der Waals surface area contributed by atoms with E-state index in [-0.39, 0.29) is 30.2 Å². The molecule has 2 rings (SSSR count). The van der Waals surface area contributed by atoms with Gasteiger partial charge >= 0.3 is 0 Å². The molecule has 0 aliphatic carbocycles. The molecule has 2 heterocycles. The van der Waals surface area contributed by atoms with E-state index in [1.807, 2.05) is 13.8 Å². The number of H-pyrrole nitrogens is 1. The van der Waals surface area contributed by atoms with E-state index in [9.17, 15) is 13.2 Å². The summed E-state index contributed by atoms with van der Waals surface area (Å²) in [5.74, 6) is 0. The smallest absolute Gasteiger partial charge is 0.248 e. The van der Waals surface area contributed by atoms with Gasteiger partial charge in [-0.1, -0.05) is 0 Å². The fraction of sp³-hybridized carbons (Fsp3) is 0.545. The highest BCUT2D eigenvalue weighted by molar-refractivity contribution is 7.89. The van der Waals surface area contributed by atoms with Crippen LogP contribution in [0.1, 0.15) is 13.8 Å². The molecule has 1 N–H and O–H groups in total. The Morgan fingerprint density at radius 3 is 2.50 bits per heavy atom. The summed E-state index contributed by atoms with van der Waals surface area (Å²) in [6.07, 6.45) is 2.28. The van der Waals surface area contributed by atoms with Gasteiger partial charge in [0.05, 0.1) is 12.2 Å². The zero-order valence-corrected chi connectivity index (χ0v) is 11.1. The summed E-state index contributed by atoms with van der Waals surface area (Å²) in [6, 6.07) is 1.21. The Morgan fingerprint density at radius 2 is 1.94 bits per heavy atom. The summed E-state index contributed by atoms with van der Waals surface area (Å²) in [4.78, 5) is 14.0. The summed E-state index contributed by atoms with van der Waals surface area (Å²) in [6.45, 7) is 4.16. The Labute approximate surface area is 106 Å². The highest BCUT2D eigenvalue weighted by Crippen LogP contribution is 2.18. The van der Waals surface area contributed by atoms with E-state index in [0.717, 1.165) is 0 Å². The first-order valence-electron chi connectivity index (χ1n) is 5.74. The normalized spacial score (nSPS) is 26.1. The number of pyridine rings is 1. The lowest BCUT2D eigenvalue weighted by atomic mass is 10.3. The van der Waals surface area contributed by atoms with Gasteiger partial charge in [0, 0.05) is 31.5 Å². The van der Waals surface area contributed by atoms with Crippen LogP contribution in [0.25, 0.3) is 0 Å². The van der Waals surface area contributed by atoms with Crippen molar-refractivity contribution in [2.45, 2.75) is 31.0 Å². The van der Waals surface area contributed by atoms with Gasteiger partial charge in [0.2, 0.25) is 15.5 Å². The third kappa shape index (κ3) is 2.47. The second-order valence-corrected chi connectivity index (χ2v) is 6.36. The average molecular weight is 272 g/mol. The van der Waals surface area contributed by atoms with Crippen LogP contribution in [0, 0.1) is 0 Å². The van der Waals surface area contributed by atoms with Crippen molar-refractivity contribution in [3.8, 4) is 0 Å². The van der Waals surface area contributed by atoms with Gasteiger partial charge in [0.1, 0.15) is 4.90 Å². The summed E-state index contributed by atoms with van der Waals surface area (Å²) >= 11 is 0. The van der Waals surface area contributed by atoms with Crippen LogP contribution in [-0.2, 0) is 14.8 Å². The lowest BCUT2D eigenvalue weighted by Crippen LogP contribution is -2.48. The Hall–Kier alpha value is -1.18. The Balaban J connectivity index is 2.37. The molecule has 2 atom stereocenters. The molecule has 0 bridgehead atoms. The van der Waals surface area contributed by atoms with Gasteiger partial charge in [-0.25, -0.2) is 8.42 Å². The molecule has 6 nitrogen and oxygen atoms in total. The minimum absolute atomic E-state index is 0.175. The standard InChI is InChI=1S/C11H16N2O4S/c1-8-6-13(7-9(2)17-8)18(15,16)11-5-12-4-3-10(11)14/h3-5,8-9H,6-7H2,1-2H3,(H,12,14)/t8-,9+. The molecule has 0 aromatic carbocycles. The third-order valence-corrected chi connectivity index (χ3v) is 4.64. The van der Waals surface area contributed by atoms with Gasteiger partial charge < -0.3 is 9.72 Å². The fourth-order valence-electron chi connectivity index (χ4n) is 2.07. The molecular weight excluding hydrogens is 256 g/mol. The van der Waals surface area contributed by atoms with Crippen molar-refractivity contribution in [3.63, 3.8) is 0 Å². The number of rotatable bonds is 2. The molecule has 1 aliphatic rings. The van der Waals surface area contributed by atoms with E-state index in [0.29, 0.717) is 0 Å². The quantitative estimate of drug-likeness (QED) is 0.832. The molecule has 18 heavy (non-hydrogen) atoms. The van der Waals surface area contributed by atoms with Crippen molar-refractivity contribution in [2.75, 3.05) is 13.1 Å². The van der Waals surface area contributed by atoms with Crippen LogP contribution >= 0.6 is 0 Å². The number of sulfonamides is 1. The van der Waals surface area contributed by atoms with E-state index in [1.54, 1.807) is 0 Å². The highest BCUT2D eigenvalue weighted by Gasteiger charge is 2.33. The van der Waals surface area contributed by atoms with Crippen LogP contribution in [-0.4, -0.2) is 43.0 Å². The van der Waals surface area contributed by atoms with Gasteiger partial charge in [-0.2, -0.15) is 4.31 Å². The molecule has 0 amide bonds. The summed E-state index contributed by atoms with van der Waals surface area (Å²) in [5.41, 5.74) is -0.499. The maximum Gasteiger partial charge on any atom is 0.248 e. The van der Waals surface area contributed by atoms with Crippen LogP contribution in [0.2, 0.25) is 0 Å². The minimum atomic E-state index is -3.75. The lowest BCUT2D eigenvalue weighted by Gasteiger charge is -2.34. The summed E-state index contributed by atoms with van der Waals surface area (Å²) in [5, 5.41) is 0. The minimum Gasteiger partial charge on any atom is -0.373 e. The second-order valence-electron chi connectivity index (χ2n) is 4.45. The molecule has 1 aliphatic heterocycles. The first kappa shape index (κ1) is 13.3. The van der Waals surface area contributed by atoms with E-state index < -0.39 is 15.5 Å². The number of ether oxygens (including phenoxy) is 1. The average Bonchev–Trinajstić information content (AvgIpc) is 2.28. The molecule has 0 radical (unpaired) electrons. The number of hydrogen-bond donors (Lipinski definition) is 1. The second kappa shape index (κ2) is 4.83. The molecule has 100 valence electrons. The third-order valence-electron chi connectivity index (χ3n) is 2.79. The van der Waals surface area contributed by atoms with Crippen molar-refractivity contribution in [2.24, 2.45) is 0 Å². The van der Waals surface area contributed by atoms with Gasteiger partial charge in [-0.05, 0) is 13.8 Å². The maximum atomic E-state index is 12.3. The molecule has 7 heteroatoms. The van der Waals surface area contributed by atoms with E-state index in [1.165, 1.54) is 22.8 Å². The summed E-state index contributed by atoms with van der Waals surface area (Å²) in [7, 11) is -3.75. The van der Waals surface area contributed by atoms with Gasteiger partial charge in [-0.15, -0.1) is 0 Å². The van der Waals surface area contributed by atoms with Crippen molar-refractivity contribution >= 4 is 10.0 Å². The predicted molar refractivity (Wildman–Crippen MR) is 65.8 cm³/mol. The van der Waals surface area contributed by atoms with Gasteiger partial charge in [0.25, 0.3) is 0 Å². The number of aromatic amines is 1. The topological polar surface area (TPSA) is 79.5 Å². The van der Waals surface area contributed by atoms with E-state index in [4.69, 9.17) is 4.74 Å². The Kier molecular flexibility index (Phi) is 3.56. The molecule has 0 unspecified atom stereocenters. The van der Waals surface area contributed by atoms with Crippen LogP contribution in [0.15, 0.2) is 28.2 Å². The monoisotopic (exact) mass is 272 g/mol. The molecule has 1 saturated heterocycles. The zero-order valence-electron chi connectivity index (χ0n) is 10.3. The largest absolute Gasteiger partial charge is 0.373 e. The number of nitrogens with zero attached hydrogens (tertiary/aromatic N) is 1. The Bertz CT molecular complexity index is 571. The van der Waals surface area contributed by atoms with Crippen LogP contribution in [0.4, 0.5) is 0 Å². The Morgan fingerprint density at radius 1 is 1.33 bits per heavy atom. The number of aromatic nitrogens is 1. The van der Waals surface area contributed by atoms with Crippen molar-refractivity contribution in [3.05, 3.63) is 28.7 Å². The molecule has 1 fully saturated rings. The van der Waals surface area contributed by atoms with E-state index in [2.05, 4.69) is 4.98 Å². The first-order valence-corrected chi connectivity index (χ1v) is 7.18. The molecule has 0 saturated carbocycles. The van der Waals surface area contributed by atoms with Crippen LogP contribution in [0.5, 0.6) is 0 Å². The maximum absolute atomic E-state index is 12.3. The molecule has 1 aromatic heterocycles. The van der Waals surface area contributed by atoms with Crippen molar-refractivity contribution in [1.29, 1.82) is 0 Å². The molecule has 1 aromatic rings. The fourth-order valence-corrected chi connectivity index (χ4v) is 3.70. The van der Waals surface area contributed by atoms with Crippen LogP contribution in [0.3, 0.4) is 0 Å². The van der Waals surface area contributed by atoms with Gasteiger partial charge in [0.15, 0.2) is 0 Å². The van der Waals surface area contributed by atoms with Crippen molar-refractivity contribution in [1.82, 2.24) is 9.29 Å². The number of hydrogen-bond acceptors (Lipinski definition) is 4. The van der Waals surface area contributed by atoms with E-state index >= 15 is 0 Å². The lowest BCUT2D eigenvalue weighted by molar-refractivity contribution is -0.0441. The molecule has 0 spiro atoms. The highest BCUT2D eigenvalue weighted by atomic mass is 32.2. The van der Waals surface area contributed by atoms with Gasteiger partial charge in [-0.3, -0.25) is 4.79 Å². The summed E-state index contributed by atoms with van der Waals surface area (Å²) < 4.78 is 31.5. The molecular formula is C11H16N2O4S. The van der Waals surface area contributed by atoms with Crippen LogP contribution < -0.4 is 5.43 Å². The SMILES string of the molecule is C[C@@H]1CN(S(=O)(=O)c2c[nH]ccc2=O)C[C@H](C)O1. The predicted octanol–water partition coefficient (Wildman–Crippen LogP) is 0.173. The number of morpholine rings is 1.